The van der Waals surface area contributed by atoms with Crippen molar-refractivity contribution < 1.29 is 9.59 Å². The molecule has 6 nitrogen and oxygen atoms in total. The molecule has 4 aromatic rings. The predicted octanol–water partition coefficient (Wildman–Crippen LogP) is 4.12. The normalized spacial score (nSPS) is 10.6. The molecule has 0 radical (unpaired) electrons. The zero-order valence-electron chi connectivity index (χ0n) is 15.2. The zero-order valence-corrected chi connectivity index (χ0v) is 15.2. The number of nitrogens with one attached hydrogen (secondary N) is 1. The average molecular weight is 370 g/mol. The highest BCUT2D eigenvalue weighted by molar-refractivity contribution is 6.06. The number of ketones is 1. The predicted molar refractivity (Wildman–Crippen MR) is 107 cm³/mol. The highest BCUT2D eigenvalue weighted by atomic mass is 16.1. The van der Waals surface area contributed by atoms with Crippen LogP contribution < -0.4 is 5.32 Å². The van der Waals surface area contributed by atoms with Crippen molar-refractivity contribution in [1.82, 2.24) is 14.3 Å². The molecule has 0 spiro atoms. The summed E-state index contributed by atoms with van der Waals surface area (Å²) in [5.74, 6) is 0.354. The number of hydrogen-bond acceptors (Lipinski definition) is 3. The summed E-state index contributed by atoms with van der Waals surface area (Å²) in [6.45, 7) is 1.51. The number of Topliss-reactive ketones (excluding diaryl/α,β-unsaturated/α-hetero) is 1. The molecule has 0 aliphatic rings. The van der Waals surface area contributed by atoms with Crippen molar-refractivity contribution in [2.24, 2.45) is 0 Å². The number of nitrogens with zero attached hydrogens (tertiary/aromatic N) is 3. The molecule has 2 heterocycles. The van der Waals surface area contributed by atoms with Crippen LogP contribution in [0.4, 0.5) is 5.69 Å². The van der Waals surface area contributed by atoms with E-state index in [1.165, 1.54) is 6.92 Å². The maximum Gasteiger partial charge on any atom is 0.261 e. The summed E-state index contributed by atoms with van der Waals surface area (Å²) in [4.78, 5) is 24.4. The van der Waals surface area contributed by atoms with Crippen molar-refractivity contribution >= 4 is 17.4 Å². The summed E-state index contributed by atoms with van der Waals surface area (Å²) in [5, 5.41) is 7.31. The van der Waals surface area contributed by atoms with Crippen LogP contribution in [0.5, 0.6) is 0 Å². The van der Waals surface area contributed by atoms with Gasteiger partial charge in [-0.05, 0) is 55.5 Å². The van der Waals surface area contributed by atoms with Gasteiger partial charge < -0.3 is 9.88 Å². The van der Waals surface area contributed by atoms with Crippen molar-refractivity contribution in [3.8, 4) is 11.5 Å². The maximum absolute atomic E-state index is 12.9. The van der Waals surface area contributed by atoms with Gasteiger partial charge >= 0.3 is 0 Å². The Bertz CT molecular complexity index is 1110. The second-order valence-corrected chi connectivity index (χ2v) is 6.31. The minimum Gasteiger partial charge on any atom is -0.322 e. The van der Waals surface area contributed by atoms with Crippen LogP contribution in [-0.4, -0.2) is 26.0 Å². The molecule has 28 heavy (non-hydrogen) atoms. The van der Waals surface area contributed by atoms with Gasteiger partial charge in [-0.2, -0.15) is 5.10 Å². The van der Waals surface area contributed by atoms with Crippen LogP contribution in [0.25, 0.3) is 11.5 Å². The lowest BCUT2D eigenvalue weighted by atomic mass is 10.1. The summed E-state index contributed by atoms with van der Waals surface area (Å²) in [7, 11) is 0. The fourth-order valence-corrected chi connectivity index (χ4v) is 2.97. The highest BCUT2D eigenvalue weighted by Crippen LogP contribution is 2.21. The molecule has 4 rings (SSSR count). The molecule has 1 N–H and O–H groups in total. The Kier molecular flexibility index (Phi) is 4.60. The van der Waals surface area contributed by atoms with E-state index in [9.17, 15) is 9.59 Å². The smallest absolute Gasteiger partial charge is 0.261 e. The summed E-state index contributed by atoms with van der Waals surface area (Å²) in [6.07, 6.45) is 5.30. The first-order chi connectivity index (χ1) is 13.6. The number of carbonyl (C=O) groups is 2. The van der Waals surface area contributed by atoms with Crippen LogP contribution in [0.3, 0.4) is 0 Å². The third kappa shape index (κ3) is 3.35. The second kappa shape index (κ2) is 7.36. The van der Waals surface area contributed by atoms with E-state index in [0.717, 1.165) is 5.69 Å². The van der Waals surface area contributed by atoms with Gasteiger partial charge in [0.1, 0.15) is 5.56 Å². The first kappa shape index (κ1) is 17.5. The molecular weight excluding hydrogens is 352 g/mol. The van der Waals surface area contributed by atoms with Crippen molar-refractivity contribution in [3.63, 3.8) is 0 Å². The molecule has 6 heteroatoms. The van der Waals surface area contributed by atoms with Gasteiger partial charge in [0.15, 0.2) is 11.6 Å². The number of rotatable bonds is 5. The number of para-hydroxylation sites is 1. The molecule has 0 aliphatic carbocycles. The number of carbonyl (C=O) groups excluding carboxylic acids is 2. The van der Waals surface area contributed by atoms with E-state index in [4.69, 9.17) is 0 Å². The molecule has 0 fully saturated rings. The van der Waals surface area contributed by atoms with E-state index in [2.05, 4.69) is 10.4 Å². The number of aromatic nitrogens is 3. The SMILES string of the molecule is CC(=O)c1ccc(NC(=O)c2cnn(-c3ccccc3)c2-n2cccc2)cc1. The van der Waals surface area contributed by atoms with E-state index in [-0.39, 0.29) is 11.7 Å². The fourth-order valence-electron chi connectivity index (χ4n) is 2.97. The quantitative estimate of drug-likeness (QED) is 0.537. The lowest BCUT2D eigenvalue weighted by Gasteiger charge is -2.11. The highest BCUT2D eigenvalue weighted by Gasteiger charge is 2.20. The Labute approximate surface area is 162 Å². The topological polar surface area (TPSA) is 68.9 Å². The number of hydrogen-bond donors (Lipinski definition) is 1. The third-order valence-electron chi connectivity index (χ3n) is 4.39. The summed E-state index contributed by atoms with van der Waals surface area (Å²) in [5.41, 5.74) is 2.51. The maximum atomic E-state index is 12.9. The van der Waals surface area contributed by atoms with E-state index < -0.39 is 0 Å². The van der Waals surface area contributed by atoms with Gasteiger partial charge in [0.2, 0.25) is 0 Å². The Morgan fingerprint density at radius 3 is 2.21 bits per heavy atom. The largest absolute Gasteiger partial charge is 0.322 e. The number of amides is 1. The van der Waals surface area contributed by atoms with Gasteiger partial charge in [0.05, 0.1) is 11.9 Å². The molecule has 0 saturated heterocycles. The Hall–Kier alpha value is -3.93. The van der Waals surface area contributed by atoms with Gasteiger partial charge in [0.25, 0.3) is 5.91 Å². The van der Waals surface area contributed by atoms with Crippen molar-refractivity contribution in [1.29, 1.82) is 0 Å². The minimum atomic E-state index is -0.276. The standard InChI is InChI=1S/C22H18N4O2/c1-16(27)17-9-11-18(12-10-17)24-21(28)20-15-23-26(19-7-3-2-4-8-19)22(20)25-13-5-6-14-25/h2-15H,1H3,(H,24,28). The number of anilines is 1. The first-order valence-corrected chi connectivity index (χ1v) is 8.82. The lowest BCUT2D eigenvalue weighted by Crippen LogP contribution is -2.15. The van der Waals surface area contributed by atoms with Gasteiger partial charge in [-0.25, -0.2) is 4.68 Å². The summed E-state index contributed by atoms with van der Waals surface area (Å²) in [6, 6.07) is 20.2. The molecule has 0 aliphatic heterocycles. The van der Waals surface area contributed by atoms with E-state index in [1.54, 1.807) is 35.1 Å². The van der Waals surface area contributed by atoms with Gasteiger partial charge in [0, 0.05) is 23.6 Å². The van der Waals surface area contributed by atoms with Crippen molar-refractivity contribution in [2.45, 2.75) is 6.92 Å². The van der Waals surface area contributed by atoms with Crippen LogP contribution in [0.1, 0.15) is 27.6 Å². The van der Waals surface area contributed by atoms with Gasteiger partial charge in [-0.15, -0.1) is 0 Å². The fraction of sp³-hybridized carbons (Fsp3) is 0.0455. The minimum absolute atomic E-state index is 0.0168. The molecule has 0 unspecified atom stereocenters. The molecule has 0 saturated carbocycles. The van der Waals surface area contributed by atoms with Gasteiger partial charge in [-0.3, -0.25) is 9.59 Å². The lowest BCUT2D eigenvalue weighted by molar-refractivity contribution is 0.101. The summed E-state index contributed by atoms with van der Waals surface area (Å²) >= 11 is 0. The van der Waals surface area contributed by atoms with Crippen LogP contribution in [0.15, 0.2) is 85.3 Å². The molecule has 1 amide bonds. The van der Waals surface area contributed by atoms with Gasteiger partial charge in [-0.1, -0.05) is 18.2 Å². The van der Waals surface area contributed by atoms with Crippen LogP contribution in [-0.2, 0) is 0 Å². The number of benzene rings is 2. The van der Waals surface area contributed by atoms with Crippen LogP contribution >= 0.6 is 0 Å². The molecule has 0 atom stereocenters. The Balaban J connectivity index is 1.70. The second-order valence-electron chi connectivity index (χ2n) is 6.31. The van der Waals surface area contributed by atoms with E-state index in [0.29, 0.717) is 22.6 Å². The Morgan fingerprint density at radius 2 is 1.57 bits per heavy atom. The monoisotopic (exact) mass is 370 g/mol. The zero-order chi connectivity index (χ0) is 19.5. The van der Waals surface area contributed by atoms with Crippen LogP contribution in [0.2, 0.25) is 0 Å². The average Bonchev–Trinajstić information content (AvgIpc) is 3.38. The Morgan fingerprint density at radius 1 is 0.893 bits per heavy atom. The van der Waals surface area contributed by atoms with E-state index in [1.807, 2.05) is 59.4 Å². The van der Waals surface area contributed by atoms with Crippen molar-refractivity contribution in [3.05, 3.63) is 96.4 Å². The first-order valence-electron chi connectivity index (χ1n) is 8.82. The van der Waals surface area contributed by atoms with Crippen molar-refractivity contribution in [2.75, 3.05) is 5.32 Å². The van der Waals surface area contributed by atoms with E-state index >= 15 is 0 Å². The molecule has 0 bridgehead atoms. The molecule has 2 aromatic carbocycles. The van der Waals surface area contributed by atoms with Crippen LogP contribution in [0, 0.1) is 0 Å². The summed E-state index contributed by atoms with van der Waals surface area (Å²) < 4.78 is 3.58. The third-order valence-corrected chi connectivity index (χ3v) is 4.39. The molecule has 138 valence electrons. The molecule has 2 aromatic heterocycles. The molecular formula is C22H18N4O2.